The van der Waals surface area contributed by atoms with Crippen LogP contribution in [0.25, 0.3) is 0 Å². The molecule has 11 heavy (non-hydrogen) atoms. The molecule has 0 N–H and O–H groups in total. The monoisotopic (exact) mass is 217 g/mol. The first-order valence-electron chi connectivity index (χ1n) is 3.44. The van der Waals surface area contributed by atoms with Gasteiger partial charge < -0.3 is 4.57 Å². The molecule has 0 aliphatic carbocycles. The predicted octanol–water partition coefficient (Wildman–Crippen LogP) is 2.30. The Hall–Kier alpha value is 0.770. The maximum Gasteiger partial charge on any atom is 0.152 e. The summed E-state index contributed by atoms with van der Waals surface area (Å²) < 4.78 is 13.6. The Kier molecular flexibility index (Phi) is 5.80. The van der Waals surface area contributed by atoms with Gasteiger partial charge in [-0.05, 0) is 14.1 Å². The van der Waals surface area contributed by atoms with E-state index in [1.165, 1.54) is 0 Å². The third-order valence-electron chi connectivity index (χ3n) is 1.60. The van der Waals surface area contributed by atoms with E-state index in [1.54, 1.807) is 18.8 Å². The lowest BCUT2D eigenvalue weighted by molar-refractivity contribution is 0.516. The molecule has 0 aliphatic heterocycles. The van der Waals surface area contributed by atoms with Gasteiger partial charge in [0, 0.05) is 24.1 Å². The van der Waals surface area contributed by atoms with Crippen molar-refractivity contribution >= 4 is 30.5 Å². The Morgan fingerprint density at radius 3 is 1.73 bits per heavy atom. The summed E-state index contributed by atoms with van der Waals surface area (Å²) >= 11 is 11.0. The van der Waals surface area contributed by atoms with Crippen molar-refractivity contribution in [1.82, 2.24) is 4.67 Å². The summed E-state index contributed by atoms with van der Waals surface area (Å²) in [5.41, 5.74) is 0. The zero-order valence-electron chi connectivity index (χ0n) is 6.89. The largest absolute Gasteiger partial charge is 0.306 e. The average molecular weight is 218 g/mol. The van der Waals surface area contributed by atoms with Gasteiger partial charge in [-0.15, -0.1) is 23.2 Å². The first kappa shape index (κ1) is 11.8. The number of nitrogens with zero attached hydrogens (tertiary/aromatic N) is 1. The minimum Gasteiger partial charge on any atom is -0.306 e. The fourth-order valence-corrected chi connectivity index (χ4v) is 3.91. The predicted molar refractivity (Wildman–Crippen MR) is 52.5 cm³/mol. The smallest absolute Gasteiger partial charge is 0.152 e. The highest BCUT2D eigenvalue weighted by Crippen LogP contribution is 2.47. The molecule has 0 atom stereocenters. The second kappa shape index (κ2) is 5.42. The van der Waals surface area contributed by atoms with E-state index in [0.29, 0.717) is 24.1 Å². The van der Waals surface area contributed by atoms with Crippen LogP contribution in [0, 0.1) is 0 Å². The number of alkyl halides is 2. The van der Waals surface area contributed by atoms with Crippen molar-refractivity contribution in [3.8, 4) is 0 Å². The molecule has 0 amide bonds. The highest BCUT2D eigenvalue weighted by molar-refractivity contribution is 7.61. The van der Waals surface area contributed by atoms with E-state index in [4.69, 9.17) is 23.2 Å². The van der Waals surface area contributed by atoms with E-state index in [9.17, 15) is 4.57 Å². The third kappa shape index (κ3) is 3.80. The van der Waals surface area contributed by atoms with Crippen LogP contribution in [0.2, 0.25) is 0 Å². The van der Waals surface area contributed by atoms with E-state index in [-0.39, 0.29) is 0 Å². The van der Waals surface area contributed by atoms with Crippen molar-refractivity contribution in [2.45, 2.75) is 0 Å². The molecule has 0 heterocycles. The minimum absolute atomic E-state index is 0.437. The third-order valence-corrected chi connectivity index (χ3v) is 5.80. The summed E-state index contributed by atoms with van der Waals surface area (Å²) in [6.07, 6.45) is 1.10. The van der Waals surface area contributed by atoms with Gasteiger partial charge in [0.15, 0.2) is 7.29 Å². The lowest BCUT2D eigenvalue weighted by Crippen LogP contribution is -2.15. The molecule has 0 unspecified atom stereocenters. The fraction of sp³-hybridized carbons (Fsp3) is 1.00. The quantitative estimate of drug-likeness (QED) is 0.521. The van der Waals surface area contributed by atoms with E-state index in [2.05, 4.69) is 0 Å². The molecule has 0 saturated carbocycles. The normalized spacial score (nSPS) is 12.5. The van der Waals surface area contributed by atoms with Crippen LogP contribution < -0.4 is 0 Å². The summed E-state index contributed by atoms with van der Waals surface area (Å²) in [6.45, 7) is 0. The first-order chi connectivity index (χ1) is 5.06. The molecular weight excluding hydrogens is 204 g/mol. The molecule has 0 fully saturated rings. The highest BCUT2D eigenvalue weighted by atomic mass is 35.5. The van der Waals surface area contributed by atoms with Gasteiger partial charge in [-0.3, -0.25) is 4.67 Å². The van der Waals surface area contributed by atoms with Crippen molar-refractivity contribution in [3.63, 3.8) is 0 Å². The molecule has 0 saturated heterocycles. The van der Waals surface area contributed by atoms with Crippen molar-refractivity contribution in [2.24, 2.45) is 0 Å². The second-order valence-electron chi connectivity index (χ2n) is 2.52. The van der Waals surface area contributed by atoms with Crippen LogP contribution in [0.1, 0.15) is 0 Å². The number of rotatable bonds is 5. The van der Waals surface area contributed by atoms with Crippen LogP contribution in [0.3, 0.4) is 0 Å². The molecule has 0 rings (SSSR count). The lowest BCUT2D eigenvalue weighted by Gasteiger charge is -2.23. The number of hydrogen-bond acceptors (Lipinski definition) is 1. The van der Waals surface area contributed by atoms with Crippen LogP contribution in [0.4, 0.5) is 0 Å². The zero-order chi connectivity index (χ0) is 8.91. The maximum atomic E-state index is 11.9. The maximum absolute atomic E-state index is 11.9. The number of hydrogen-bond donors (Lipinski definition) is 0. The highest BCUT2D eigenvalue weighted by Gasteiger charge is 2.22. The van der Waals surface area contributed by atoms with Gasteiger partial charge in [0.25, 0.3) is 0 Å². The van der Waals surface area contributed by atoms with E-state index in [1.807, 2.05) is 0 Å². The van der Waals surface area contributed by atoms with Gasteiger partial charge in [0.05, 0.1) is 0 Å². The van der Waals surface area contributed by atoms with Gasteiger partial charge in [-0.1, -0.05) is 0 Å². The van der Waals surface area contributed by atoms with Gasteiger partial charge >= 0.3 is 0 Å². The fourth-order valence-electron chi connectivity index (χ4n) is 0.776. The molecular formula is C6H14Cl2NOP. The van der Waals surface area contributed by atoms with Crippen LogP contribution >= 0.6 is 30.5 Å². The Bertz CT molecular complexity index is 142. The van der Waals surface area contributed by atoms with Gasteiger partial charge in [-0.2, -0.15) is 0 Å². The van der Waals surface area contributed by atoms with Crippen LogP contribution in [0.15, 0.2) is 0 Å². The molecule has 68 valence electrons. The molecule has 0 spiro atoms. The Labute approximate surface area is 78.3 Å². The van der Waals surface area contributed by atoms with E-state index in [0.717, 1.165) is 0 Å². The molecule has 0 aromatic heterocycles. The topological polar surface area (TPSA) is 20.3 Å². The summed E-state index contributed by atoms with van der Waals surface area (Å²) in [5, 5.41) is 0. The van der Waals surface area contributed by atoms with E-state index < -0.39 is 7.29 Å². The lowest BCUT2D eigenvalue weighted by atomic mass is 10.9. The zero-order valence-corrected chi connectivity index (χ0v) is 9.29. The molecule has 0 bridgehead atoms. The Balaban J connectivity index is 4.14. The minimum atomic E-state index is -2.22. The molecule has 0 radical (unpaired) electrons. The van der Waals surface area contributed by atoms with Crippen molar-refractivity contribution in [2.75, 3.05) is 38.2 Å². The van der Waals surface area contributed by atoms with Crippen molar-refractivity contribution < 1.29 is 4.57 Å². The molecule has 0 aliphatic rings. The van der Waals surface area contributed by atoms with Crippen molar-refractivity contribution in [1.29, 1.82) is 0 Å². The van der Waals surface area contributed by atoms with Gasteiger partial charge in [0.2, 0.25) is 0 Å². The van der Waals surface area contributed by atoms with Crippen LogP contribution in [-0.2, 0) is 4.57 Å². The second-order valence-corrected chi connectivity index (χ2v) is 6.66. The molecule has 5 heteroatoms. The van der Waals surface area contributed by atoms with Crippen molar-refractivity contribution in [3.05, 3.63) is 0 Å². The SMILES string of the molecule is CN(C)P(=O)(CCCl)CCCl. The molecule has 0 aromatic carbocycles. The molecule has 0 aromatic rings. The summed E-state index contributed by atoms with van der Waals surface area (Å²) in [6, 6.07) is 0. The van der Waals surface area contributed by atoms with Gasteiger partial charge in [-0.25, -0.2) is 0 Å². The van der Waals surface area contributed by atoms with Crippen LogP contribution in [0.5, 0.6) is 0 Å². The van der Waals surface area contributed by atoms with Gasteiger partial charge in [0.1, 0.15) is 0 Å². The average Bonchev–Trinajstić information content (AvgIpc) is 1.88. The summed E-state index contributed by atoms with van der Waals surface area (Å²) in [7, 11) is 1.39. The number of halogens is 2. The standard InChI is InChI=1S/C6H14Cl2NOP/c1-9(2)11(10,5-3-7)6-4-8/h3-6H2,1-2H3. The summed E-state index contributed by atoms with van der Waals surface area (Å²) in [5.74, 6) is 0.874. The Morgan fingerprint density at radius 2 is 1.55 bits per heavy atom. The first-order valence-corrected chi connectivity index (χ1v) is 6.54. The van der Waals surface area contributed by atoms with E-state index >= 15 is 0 Å². The van der Waals surface area contributed by atoms with Crippen LogP contribution in [-0.4, -0.2) is 42.8 Å². The Morgan fingerprint density at radius 1 is 1.18 bits per heavy atom. The molecule has 2 nitrogen and oxygen atoms in total. The summed E-state index contributed by atoms with van der Waals surface area (Å²) in [4.78, 5) is 0.